The van der Waals surface area contributed by atoms with Gasteiger partial charge in [0, 0.05) is 31.0 Å². The van der Waals surface area contributed by atoms with E-state index < -0.39 is 0 Å². The van der Waals surface area contributed by atoms with Crippen LogP contribution in [0.15, 0.2) is 18.2 Å². The lowest BCUT2D eigenvalue weighted by molar-refractivity contribution is -0.117. The minimum atomic E-state index is -0.323. The van der Waals surface area contributed by atoms with Gasteiger partial charge in [-0.3, -0.25) is 19.3 Å². The first-order valence-corrected chi connectivity index (χ1v) is 6.45. The summed E-state index contributed by atoms with van der Waals surface area (Å²) in [6, 6.07) is 4.92. The van der Waals surface area contributed by atoms with Crippen molar-refractivity contribution in [1.82, 2.24) is 4.90 Å². The van der Waals surface area contributed by atoms with E-state index in [9.17, 15) is 14.4 Å². The zero-order valence-electron chi connectivity index (χ0n) is 10.3. The Morgan fingerprint density at radius 1 is 1.16 bits per heavy atom. The Bertz CT molecular complexity index is 614. The molecule has 6 heteroatoms. The summed E-state index contributed by atoms with van der Waals surface area (Å²) in [5, 5.41) is 0.0146. The second-order valence-corrected chi connectivity index (χ2v) is 5.49. The number of carbonyl (C=O) groups excluding carboxylic acids is 3. The number of hydrogen-bond acceptors (Lipinski definition) is 4. The Morgan fingerprint density at radius 2 is 1.84 bits per heavy atom. The molecule has 2 heterocycles. The van der Waals surface area contributed by atoms with Crippen LogP contribution in [0.25, 0.3) is 0 Å². The van der Waals surface area contributed by atoms with E-state index in [0.717, 1.165) is 4.90 Å². The minimum Gasteiger partial charge on any atom is -0.311 e. The highest BCUT2D eigenvalue weighted by Gasteiger charge is 2.35. The molecule has 1 aromatic carbocycles. The lowest BCUT2D eigenvalue weighted by Gasteiger charge is -2.16. The molecule has 0 bridgehead atoms. The van der Waals surface area contributed by atoms with Crippen molar-refractivity contribution >= 4 is 36.0 Å². The fourth-order valence-electron chi connectivity index (χ4n) is 2.46. The number of imide groups is 1. The van der Waals surface area contributed by atoms with Crippen LogP contribution in [0.5, 0.6) is 0 Å². The summed E-state index contributed by atoms with van der Waals surface area (Å²) in [6.07, 6.45) is 0.396. The number of thiol groups is 1. The molecule has 0 saturated carbocycles. The van der Waals surface area contributed by atoms with Gasteiger partial charge in [0.25, 0.3) is 11.8 Å². The Hall–Kier alpha value is -1.82. The van der Waals surface area contributed by atoms with Gasteiger partial charge in [-0.15, -0.1) is 0 Å². The maximum atomic E-state index is 11.9. The van der Waals surface area contributed by atoms with Crippen molar-refractivity contribution in [3.8, 4) is 0 Å². The van der Waals surface area contributed by atoms with E-state index in [1.807, 2.05) is 0 Å². The van der Waals surface area contributed by atoms with Crippen molar-refractivity contribution in [3.63, 3.8) is 0 Å². The normalized spacial score (nSPS) is 22.4. The first-order valence-electron chi connectivity index (χ1n) is 5.94. The Morgan fingerprint density at radius 3 is 2.47 bits per heavy atom. The smallest absolute Gasteiger partial charge is 0.261 e. The summed E-state index contributed by atoms with van der Waals surface area (Å²) in [7, 11) is 1.45. The average Bonchev–Trinajstić information content (AvgIpc) is 2.83. The highest BCUT2D eigenvalue weighted by Crippen LogP contribution is 2.29. The van der Waals surface area contributed by atoms with Crippen molar-refractivity contribution in [2.24, 2.45) is 0 Å². The molecule has 1 fully saturated rings. The molecule has 1 saturated heterocycles. The molecule has 2 aliphatic heterocycles. The van der Waals surface area contributed by atoms with Crippen molar-refractivity contribution in [3.05, 3.63) is 29.3 Å². The van der Waals surface area contributed by atoms with Gasteiger partial charge in [-0.25, -0.2) is 0 Å². The number of rotatable bonds is 1. The number of anilines is 1. The van der Waals surface area contributed by atoms with Gasteiger partial charge in [0.2, 0.25) is 5.91 Å². The van der Waals surface area contributed by atoms with Gasteiger partial charge in [-0.1, -0.05) is 0 Å². The Labute approximate surface area is 115 Å². The van der Waals surface area contributed by atoms with Gasteiger partial charge in [-0.05, 0) is 18.2 Å². The van der Waals surface area contributed by atoms with Crippen molar-refractivity contribution < 1.29 is 14.4 Å². The predicted octanol–water partition coefficient (Wildman–Crippen LogP) is 0.948. The fraction of sp³-hybridized carbons (Fsp3) is 0.308. The Balaban J connectivity index is 2.02. The number of nitrogens with zero attached hydrogens (tertiary/aromatic N) is 2. The van der Waals surface area contributed by atoms with E-state index in [0.29, 0.717) is 29.8 Å². The molecule has 3 amide bonds. The summed E-state index contributed by atoms with van der Waals surface area (Å²) >= 11 is 4.30. The molecule has 98 valence electrons. The molecule has 0 aromatic heterocycles. The fourth-order valence-corrected chi connectivity index (χ4v) is 2.77. The highest BCUT2D eigenvalue weighted by atomic mass is 32.1. The molecule has 2 aliphatic rings. The summed E-state index contributed by atoms with van der Waals surface area (Å²) in [5.41, 5.74) is 1.41. The standard InChI is InChI=1S/C13H12N2O3S/c1-14-12(17)9-3-2-7(4-10(9)13(14)18)15-6-8(19)5-11(15)16/h2-4,8,19H,5-6H2,1H3. The predicted molar refractivity (Wildman–Crippen MR) is 72.6 cm³/mol. The Kier molecular flexibility index (Phi) is 2.63. The average molecular weight is 276 g/mol. The third-order valence-electron chi connectivity index (χ3n) is 3.49. The van der Waals surface area contributed by atoms with Gasteiger partial charge >= 0.3 is 0 Å². The molecule has 1 atom stereocenters. The third kappa shape index (κ3) is 1.74. The van der Waals surface area contributed by atoms with Crippen LogP contribution in [0.2, 0.25) is 0 Å². The molecule has 5 nitrogen and oxygen atoms in total. The maximum Gasteiger partial charge on any atom is 0.261 e. The number of amides is 3. The summed E-state index contributed by atoms with van der Waals surface area (Å²) < 4.78 is 0. The lowest BCUT2D eigenvalue weighted by atomic mass is 10.1. The summed E-state index contributed by atoms with van der Waals surface area (Å²) in [5.74, 6) is -0.632. The second-order valence-electron chi connectivity index (χ2n) is 4.76. The van der Waals surface area contributed by atoms with E-state index in [4.69, 9.17) is 0 Å². The van der Waals surface area contributed by atoms with Crippen LogP contribution in [-0.2, 0) is 4.79 Å². The molecule has 0 spiro atoms. The molecular weight excluding hydrogens is 264 g/mol. The maximum absolute atomic E-state index is 11.9. The summed E-state index contributed by atoms with van der Waals surface area (Å²) in [6.45, 7) is 0.526. The molecular formula is C13H12N2O3S. The first kappa shape index (κ1) is 12.2. The highest BCUT2D eigenvalue weighted by molar-refractivity contribution is 7.81. The number of benzene rings is 1. The van der Waals surface area contributed by atoms with Crippen LogP contribution in [-0.4, -0.2) is 41.5 Å². The van der Waals surface area contributed by atoms with Crippen molar-refractivity contribution in [2.75, 3.05) is 18.5 Å². The second kappa shape index (κ2) is 4.09. The van der Waals surface area contributed by atoms with Gasteiger partial charge in [-0.2, -0.15) is 12.6 Å². The molecule has 0 N–H and O–H groups in total. The van der Waals surface area contributed by atoms with E-state index in [-0.39, 0.29) is 23.0 Å². The zero-order chi connectivity index (χ0) is 13.7. The van der Waals surface area contributed by atoms with E-state index in [2.05, 4.69) is 12.6 Å². The molecule has 3 rings (SSSR count). The van der Waals surface area contributed by atoms with Crippen molar-refractivity contribution in [1.29, 1.82) is 0 Å². The SMILES string of the molecule is CN1C(=O)c2ccc(N3CC(S)CC3=O)cc2C1=O. The number of carbonyl (C=O) groups is 3. The molecule has 1 aromatic rings. The molecule has 0 aliphatic carbocycles. The zero-order valence-corrected chi connectivity index (χ0v) is 11.2. The minimum absolute atomic E-state index is 0.00919. The lowest BCUT2D eigenvalue weighted by Crippen LogP contribution is -2.25. The quantitative estimate of drug-likeness (QED) is 0.613. The monoisotopic (exact) mass is 276 g/mol. The molecule has 1 unspecified atom stereocenters. The van der Waals surface area contributed by atoms with Gasteiger partial charge in [0.15, 0.2) is 0 Å². The van der Waals surface area contributed by atoms with Crippen molar-refractivity contribution in [2.45, 2.75) is 11.7 Å². The number of hydrogen-bond donors (Lipinski definition) is 1. The van der Waals surface area contributed by atoms with E-state index in [1.165, 1.54) is 7.05 Å². The third-order valence-corrected chi connectivity index (χ3v) is 3.84. The largest absolute Gasteiger partial charge is 0.311 e. The van der Waals surface area contributed by atoms with Crippen LogP contribution in [0.3, 0.4) is 0 Å². The van der Waals surface area contributed by atoms with E-state index in [1.54, 1.807) is 23.1 Å². The van der Waals surface area contributed by atoms with Gasteiger partial charge in [0.1, 0.15) is 0 Å². The van der Waals surface area contributed by atoms with Gasteiger partial charge < -0.3 is 4.90 Å². The molecule has 19 heavy (non-hydrogen) atoms. The first-order chi connectivity index (χ1) is 8.99. The van der Waals surface area contributed by atoms with Crippen LogP contribution >= 0.6 is 12.6 Å². The van der Waals surface area contributed by atoms with Crippen LogP contribution in [0.1, 0.15) is 27.1 Å². The van der Waals surface area contributed by atoms with Crippen LogP contribution in [0.4, 0.5) is 5.69 Å². The van der Waals surface area contributed by atoms with Crippen LogP contribution < -0.4 is 4.90 Å². The van der Waals surface area contributed by atoms with Gasteiger partial charge in [0.05, 0.1) is 11.1 Å². The number of fused-ring (bicyclic) bond motifs is 1. The topological polar surface area (TPSA) is 57.7 Å². The van der Waals surface area contributed by atoms with E-state index >= 15 is 0 Å². The molecule has 0 radical (unpaired) electrons. The summed E-state index contributed by atoms with van der Waals surface area (Å²) in [4.78, 5) is 38.2. The van der Waals surface area contributed by atoms with Crippen LogP contribution in [0, 0.1) is 0 Å².